The van der Waals surface area contributed by atoms with Crippen LogP contribution in [0.3, 0.4) is 0 Å². The zero-order valence-electron chi connectivity index (χ0n) is 12.9. The fourth-order valence-electron chi connectivity index (χ4n) is 3.42. The third-order valence-corrected chi connectivity index (χ3v) is 5.96. The first-order valence-corrected chi connectivity index (χ1v) is 9.11. The van der Waals surface area contributed by atoms with E-state index in [9.17, 15) is 21.6 Å². The fraction of sp³-hybridized carbons (Fsp3) is 0.867. The third kappa shape index (κ3) is 4.18. The molecule has 0 heterocycles. The lowest BCUT2D eigenvalue weighted by atomic mass is 9.67. The van der Waals surface area contributed by atoms with Crippen molar-refractivity contribution in [3.63, 3.8) is 0 Å². The van der Waals surface area contributed by atoms with Crippen LogP contribution in [0, 0.1) is 17.3 Å². The van der Waals surface area contributed by atoms with Crippen molar-refractivity contribution >= 4 is 10.1 Å². The summed E-state index contributed by atoms with van der Waals surface area (Å²) in [5.41, 5.74) is -4.98. The van der Waals surface area contributed by atoms with Crippen LogP contribution in [-0.2, 0) is 14.3 Å². The normalized spacial score (nSPS) is 27.3. The Balaban J connectivity index is 1.91. The maximum Gasteiger partial charge on any atom is 0.534 e. The summed E-state index contributed by atoms with van der Waals surface area (Å²) in [5, 5.41) is 0. The van der Waals surface area contributed by atoms with Crippen LogP contribution >= 0.6 is 0 Å². The molecular weight excluding hydrogens is 317 g/mol. The first-order chi connectivity index (χ1) is 10.0. The van der Waals surface area contributed by atoms with Gasteiger partial charge in [-0.2, -0.15) is 21.6 Å². The molecule has 0 amide bonds. The van der Waals surface area contributed by atoms with Crippen molar-refractivity contribution < 1.29 is 25.8 Å². The van der Waals surface area contributed by atoms with Crippen LogP contribution in [0.2, 0.25) is 0 Å². The fourth-order valence-corrected chi connectivity index (χ4v) is 3.94. The lowest BCUT2D eigenvalue weighted by Crippen LogP contribution is -2.28. The van der Waals surface area contributed by atoms with Gasteiger partial charge in [-0.15, -0.1) is 0 Å². The first kappa shape index (κ1) is 17.6. The average Bonchev–Trinajstić information content (AvgIpc) is 2.38. The Bertz CT molecular complexity index is 525. The van der Waals surface area contributed by atoms with Gasteiger partial charge >= 0.3 is 15.6 Å². The predicted molar refractivity (Wildman–Crippen MR) is 77.2 cm³/mol. The van der Waals surface area contributed by atoms with E-state index in [1.54, 1.807) is 0 Å². The zero-order valence-corrected chi connectivity index (χ0v) is 13.8. The smallest absolute Gasteiger partial charge is 0.381 e. The van der Waals surface area contributed by atoms with Crippen molar-refractivity contribution in [3.05, 3.63) is 11.8 Å². The summed E-state index contributed by atoms with van der Waals surface area (Å²) in [5.74, 6) is 0.951. The van der Waals surface area contributed by atoms with E-state index in [1.165, 1.54) is 18.9 Å². The van der Waals surface area contributed by atoms with Gasteiger partial charge in [-0.05, 0) is 61.9 Å². The molecule has 0 N–H and O–H groups in total. The number of hydrogen-bond acceptors (Lipinski definition) is 3. The molecule has 1 unspecified atom stereocenters. The second kappa shape index (κ2) is 6.06. The average molecular weight is 340 g/mol. The monoisotopic (exact) mass is 340 g/mol. The Morgan fingerprint density at radius 2 is 1.73 bits per heavy atom. The minimum atomic E-state index is -5.52. The maximum atomic E-state index is 12.3. The molecule has 0 aromatic carbocycles. The highest BCUT2D eigenvalue weighted by atomic mass is 32.2. The van der Waals surface area contributed by atoms with E-state index >= 15 is 0 Å². The van der Waals surface area contributed by atoms with Gasteiger partial charge in [0.1, 0.15) is 5.76 Å². The van der Waals surface area contributed by atoms with Crippen LogP contribution in [0.4, 0.5) is 13.2 Å². The number of hydrogen-bond donors (Lipinski definition) is 0. The van der Waals surface area contributed by atoms with E-state index in [-0.39, 0.29) is 12.2 Å². The zero-order chi connectivity index (χ0) is 16.6. The van der Waals surface area contributed by atoms with Crippen LogP contribution in [0.1, 0.15) is 58.8 Å². The number of alkyl halides is 3. The van der Waals surface area contributed by atoms with E-state index in [1.807, 2.05) is 0 Å². The Hall–Kier alpha value is -0.720. The topological polar surface area (TPSA) is 43.4 Å². The summed E-state index contributed by atoms with van der Waals surface area (Å²) in [7, 11) is -5.52. The van der Waals surface area contributed by atoms with Crippen molar-refractivity contribution in [2.75, 3.05) is 0 Å². The quantitative estimate of drug-likeness (QED) is 0.550. The minimum Gasteiger partial charge on any atom is -0.381 e. The lowest BCUT2D eigenvalue weighted by molar-refractivity contribution is -0.0525. The van der Waals surface area contributed by atoms with Crippen molar-refractivity contribution in [1.29, 1.82) is 0 Å². The van der Waals surface area contributed by atoms with Crippen LogP contribution in [0.15, 0.2) is 11.8 Å². The number of allylic oxidation sites excluding steroid dienone is 2. The molecule has 1 atom stereocenters. The van der Waals surface area contributed by atoms with E-state index < -0.39 is 15.6 Å². The van der Waals surface area contributed by atoms with E-state index in [4.69, 9.17) is 0 Å². The molecule has 0 bridgehead atoms. The van der Waals surface area contributed by atoms with Crippen LogP contribution in [0.5, 0.6) is 0 Å². The summed E-state index contributed by atoms with van der Waals surface area (Å²) in [4.78, 5) is 0. The predicted octanol–water partition coefficient (Wildman–Crippen LogP) is 4.75. The van der Waals surface area contributed by atoms with Gasteiger partial charge in [0, 0.05) is 6.42 Å². The van der Waals surface area contributed by atoms with Gasteiger partial charge in [0.05, 0.1) is 0 Å². The van der Waals surface area contributed by atoms with Gasteiger partial charge in [-0.1, -0.05) is 13.8 Å². The van der Waals surface area contributed by atoms with Crippen molar-refractivity contribution in [2.45, 2.75) is 64.3 Å². The molecule has 0 saturated heterocycles. The standard InChI is InChI=1S/C15H23F3O3S/c1-14(2)9-7-12(8-10-14)11-3-5-13(6-4-11)21-22(19,20)15(16,17)18/h5,11-12H,3-4,6-10H2,1-2H3. The molecule has 2 aliphatic carbocycles. The molecule has 2 aliphatic rings. The molecule has 3 nitrogen and oxygen atoms in total. The molecule has 22 heavy (non-hydrogen) atoms. The summed E-state index contributed by atoms with van der Waals surface area (Å²) >= 11 is 0. The maximum absolute atomic E-state index is 12.3. The first-order valence-electron chi connectivity index (χ1n) is 7.70. The summed E-state index contributed by atoms with van der Waals surface area (Å²) in [6.07, 6.45) is 7.72. The van der Waals surface area contributed by atoms with Gasteiger partial charge in [0.25, 0.3) is 0 Å². The van der Waals surface area contributed by atoms with Gasteiger partial charge in [-0.3, -0.25) is 0 Å². The SMILES string of the molecule is CC1(C)CCC(C2CC=C(OS(=O)(=O)C(F)(F)F)CC2)CC1. The summed E-state index contributed by atoms with van der Waals surface area (Å²) in [6, 6.07) is 0. The number of halogens is 3. The molecule has 0 radical (unpaired) electrons. The highest BCUT2D eigenvalue weighted by molar-refractivity contribution is 7.87. The Labute approximate surface area is 130 Å². The van der Waals surface area contributed by atoms with Gasteiger partial charge in [0.15, 0.2) is 0 Å². The molecule has 7 heteroatoms. The second-order valence-electron chi connectivity index (χ2n) is 7.19. The highest BCUT2D eigenvalue weighted by Gasteiger charge is 2.49. The van der Waals surface area contributed by atoms with Gasteiger partial charge in [-0.25, -0.2) is 0 Å². The Morgan fingerprint density at radius 1 is 1.14 bits per heavy atom. The molecule has 2 rings (SSSR count). The van der Waals surface area contributed by atoms with Crippen LogP contribution in [-0.4, -0.2) is 13.9 Å². The minimum absolute atomic E-state index is 0.0651. The Kier molecular flexibility index (Phi) is 4.85. The second-order valence-corrected chi connectivity index (χ2v) is 8.73. The molecule has 0 spiro atoms. The molecule has 0 aromatic rings. The lowest BCUT2D eigenvalue weighted by Gasteiger charge is -2.38. The van der Waals surface area contributed by atoms with Crippen LogP contribution < -0.4 is 0 Å². The molecular formula is C15H23F3O3S. The van der Waals surface area contributed by atoms with E-state index in [2.05, 4.69) is 18.0 Å². The number of rotatable bonds is 3. The molecule has 0 aromatic heterocycles. The summed E-state index contributed by atoms with van der Waals surface area (Å²) < 4.78 is 63.1. The molecule has 0 aliphatic heterocycles. The molecule has 128 valence electrons. The molecule has 1 fully saturated rings. The third-order valence-electron chi connectivity index (χ3n) is 4.96. The van der Waals surface area contributed by atoms with E-state index in [0.29, 0.717) is 30.1 Å². The Morgan fingerprint density at radius 3 is 2.18 bits per heavy atom. The highest BCUT2D eigenvalue weighted by Crippen LogP contribution is 2.44. The van der Waals surface area contributed by atoms with Gasteiger partial charge < -0.3 is 4.18 Å². The largest absolute Gasteiger partial charge is 0.534 e. The van der Waals surface area contributed by atoms with Crippen LogP contribution in [0.25, 0.3) is 0 Å². The summed E-state index contributed by atoms with van der Waals surface area (Å²) in [6.45, 7) is 4.52. The van der Waals surface area contributed by atoms with Crippen molar-refractivity contribution in [2.24, 2.45) is 17.3 Å². The van der Waals surface area contributed by atoms with Gasteiger partial charge in [0.2, 0.25) is 0 Å². The van der Waals surface area contributed by atoms with Crippen molar-refractivity contribution in [1.82, 2.24) is 0 Å². The van der Waals surface area contributed by atoms with Crippen molar-refractivity contribution in [3.8, 4) is 0 Å². The van der Waals surface area contributed by atoms with E-state index in [0.717, 1.165) is 12.8 Å². The molecule has 1 saturated carbocycles.